The van der Waals surface area contributed by atoms with Gasteiger partial charge in [0.2, 0.25) is 11.8 Å². The first-order chi connectivity index (χ1) is 19.1. The van der Waals surface area contributed by atoms with Gasteiger partial charge in [0.25, 0.3) is 0 Å². The number of alkyl carbamates (subject to hydrolysis) is 1. The molecule has 3 amide bonds. The zero-order valence-corrected chi connectivity index (χ0v) is 25.2. The molecule has 0 aliphatic heterocycles. The molecule has 0 aromatic heterocycles. The highest BCUT2D eigenvalue weighted by atomic mass is 16.6. The van der Waals surface area contributed by atoms with Crippen LogP contribution >= 0.6 is 0 Å². The van der Waals surface area contributed by atoms with E-state index in [1.165, 1.54) is 24.1 Å². The predicted octanol–water partition coefficient (Wildman–Crippen LogP) is 4.18. The highest BCUT2D eigenvalue weighted by Gasteiger charge is 2.43. The third kappa shape index (κ3) is 9.81. The van der Waals surface area contributed by atoms with E-state index >= 15 is 0 Å². The predicted molar refractivity (Wildman–Crippen MR) is 155 cm³/mol. The third-order valence-electron chi connectivity index (χ3n) is 6.62. The van der Waals surface area contributed by atoms with Crippen LogP contribution in [0.1, 0.15) is 70.7 Å². The first-order valence-electron chi connectivity index (χ1n) is 13.6. The van der Waals surface area contributed by atoms with Crippen molar-refractivity contribution in [3.8, 4) is 5.75 Å². The molecule has 10 nitrogen and oxygen atoms in total. The van der Waals surface area contributed by atoms with Crippen LogP contribution < -0.4 is 10.6 Å². The molecule has 0 heterocycles. The summed E-state index contributed by atoms with van der Waals surface area (Å²) in [6.45, 7) is 12.2. The van der Waals surface area contributed by atoms with Crippen molar-refractivity contribution in [3.63, 3.8) is 0 Å². The maximum atomic E-state index is 14.6. The number of ether oxygens (including phenoxy) is 2. The molecule has 0 aliphatic rings. The lowest BCUT2D eigenvalue weighted by Crippen LogP contribution is -2.60. The van der Waals surface area contributed by atoms with E-state index in [-0.39, 0.29) is 18.7 Å². The topological polar surface area (TPSA) is 134 Å². The minimum atomic E-state index is -1.13. The molecule has 2 rings (SSSR count). The minimum absolute atomic E-state index is 0.0623. The van der Waals surface area contributed by atoms with Gasteiger partial charge in [-0.2, -0.15) is 0 Å². The van der Waals surface area contributed by atoms with E-state index in [1.807, 2.05) is 39.8 Å². The Hall–Kier alpha value is -4.08. The van der Waals surface area contributed by atoms with Crippen molar-refractivity contribution in [1.82, 2.24) is 15.5 Å². The fraction of sp³-hybridized carbons (Fsp3) is 0.484. The summed E-state index contributed by atoms with van der Waals surface area (Å²) < 4.78 is 10.1. The number of nitrogens with zero attached hydrogens (tertiary/aromatic N) is 1. The van der Waals surface area contributed by atoms with E-state index in [1.54, 1.807) is 45.0 Å². The summed E-state index contributed by atoms with van der Waals surface area (Å²) in [5, 5.41) is 15.1. The molecular formula is C31H43N3O7. The lowest BCUT2D eigenvalue weighted by molar-refractivity contribution is -0.150. The number of rotatable bonds is 11. The normalized spacial score (nSPS) is 13.0. The monoisotopic (exact) mass is 569 g/mol. The number of methoxy groups -OCH3 is 1. The average molecular weight is 570 g/mol. The van der Waals surface area contributed by atoms with E-state index in [0.29, 0.717) is 17.5 Å². The molecule has 2 unspecified atom stereocenters. The van der Waals surface area contributed by atoms with Crippen LogP contribution in [0, 0.1) is 6.92 Å². The quantitative estimate of drug-likeness (QED) is 0.346. The van der Waals surface area contributed by atoms with E-state index in [2.05, 4.69) is 15.4 Å². The number of nitrogens with one attached hydrogen (secondary N) is 2. The third-order valence-corrected chi connectivity index (χ3v) is 6.62. The number of benzene rings is 2. The van der Waals surface area contributed by atoms with Gasteiger partial charge >= 0.3 is 12.1 Å². The smallest absolute Gasteiger partial charge is 0.408 e. The summed E-state index contributed by atoms with van der Waals surface area (Å²) in [6, 6.07) is 11.3. The lowest BCUT2D eigenvalue weighted by Gasteiger charge is -2.44. The van der Waals surface area contributed by atoms with Crippen molar-refractivity contribution in [2.45, 2.75) is 84.5 Å². The number of carbonyl (C=O) groups is 4. The zero-order valence-electron chi connectivity index (χ0n) is 25.2. The Kier molecular flexibility index (Phi) is 11.3. The molecule has 0 aliphatic carbocycles. The second-order valence-corrected chi connectivity index (χ2v) is 11.6. The molecule has 2 aromatic rings. The second-order valence-electron chi connectivity index (χ2n) is 11.6. The first kappa shape index (κ1) is 33.1. The number of aromatic hydroxyl groups is 1. The van der Waals surface area contributed by atoms with Gasteiger partial charge in [0.05, 0.1) is 7.11 Å². The standard InChI is InChI=1S/C31H43N3O7/c1-9-31(6,7)34(26(22-12-10-11-20(2)17-22)27(37)32-19-25(36)40-8)28(38)24(33-29(39)41-30(3,4)5)18-21-13-15-23(35)16-14-21/h10-17,24,26,35H,9,18-19H2,1-8H3,(H,32,37)(H,33,39). The van der Waals surface area contributed by atoms with E-state index in [0.717, 1.165) is 5.56 Å². The van der Waals surface area contributed by atoms with Crippen molar-refractivity contribution in [2.75, 3.05) is 13.7 Å². The van der Waals surface area contributed by atoms with Crippen molar-refractivity contribution in [3.05, 3.63) is 65.2 Å². The van der Waals surface area contributed by atoms with Crippen LogP contribution in [0.4, 0.5) is 4.79 Å². The number of phenols is 1. The van der Waals surface area contributed by atoms with Crippen LogP contribution in [-0.4, -0.2) is 64.7 Å². The van der Waals surface area contributed by atoms with E-state index in [4.69, 9.17) is 4.74 Å². The highest BCUT2D eigenvalue weighted by Crippen LogP contribution is 2.33. The molecule has 0 fully saturated rings. The Morgan fingerprint density at radius 1 is 1.00 bits per heavy atom. The van der Waals surface area contributed by atoms with Gasteiger partial charge in [-0.3, -0.25) is 14.4 Å². The summed E-state index contributed by atoms with van der Waals surface area (Å²) >= 11 is 0. The van der Waals surface area contributed by atoms with Crippen LogP contribution in [0.15, 0.2) is 48.5 Å². The maximum Gasteiger partial charge on any atom is 0.408 e. The molecular weight excluding hydrogens is 526 g/mol. The highest BCUT2D eigenvalue weighted by molar-refractivity contribution is 5.94. The largest absolute Gasteiger partial charge is 0.508 e. The molecule has 2 atom stereocenters. The molecule has 2 aromatic carbocycles. The number of hydrogen-bond acceptors (Lipinski definition) is 7. The van der Waals surface area contributed by atoms with Crippen LogP contribution in [-0.2, 0) is 30.3 Å². The van der Waals surface area contributed by atoms with Gasteiger partial charge in [0.15, 0.2) is 0 Å². The van der Waals surface area contributed by atoms with Gasteiger partial charge in [0, 0.05) is 12.0 Å². The summed E-state index contributed by atoms with van der Waals surface area (Å²) in [5.74, 6) is -1.66. The molecule has 224 valence electrons. The minimum Gasteiger partial charge on any atom is -0.508 e. The van der Waals surface area contributed by atoms with Crippen molar-refractivity contribution in [1.29, 1.82) is 0 Å². The molecule has 3 N–H and O–H groups in total. The summed E-state index contributed by atoms with van der Waals surface area (Å²) in [5.41, 5.74) is 0.423. The van der Waals surface area contributed by atoms with Crippen molar-refractivity contribution < 1.29 is 33.8 Å². The fourth-order valence-electron chi connectivity index (χ4n) is 4.22. The molecule has 0 radical (unpaired) electrons. The Balaban J connectivity index is 2.65. The Bertz CT molecular complexity index is 1220. The first-order valence-corrected chi connectivity index (χ1v) is 13.6. The Labute approximate surface area is 242 Å². The van der Waals surface area contributed by atoms with Crippen molar-refractivity contribution >= 4 is 23.9 Å². The molecule has 41 heavy (non-hydrogen) atoms. The second kappa shape index (κ2) is 14.0. The number of carbonyl (C=O) groups excluding carboxylic acids is 4. The number of phenolic OH excluding ortho intramolecular Hbond substituents is 1. The van der Waals surface area contributed by atoms with Crippen LogP contribution in [0.25, 0.3) is 0 Å². The SMILES string of the molecule is CCC(C)(C)N(C(=O)C(Cc1ccc(O)cc1)NC(=O)OC(C)(C)C)C(C(=O)NCC(=O)OC)c1cccc(C)c1. The number of hydrogen-bond donors (Lipinski definition) is 3. The fourth-order valence-corrected chi connectivity index (χ4v) is 4.22. The van der Waals surface area contributed by atoms with Crippen LogP contribution in [0.2, 0.25) is 0 Å². The van der Waals surface area contributed by atoms with E-state index < -0.39 is 47.1 Å². The summed E-state index contributed by atoms with van der Waals surface area (Å²) in [6.07, 6.45) is -0.242. The molecule has 0 saturated carbocycles. The number of aryl methyl sites for hydroxylation is 1. The van der Waals surface area contributed by atoms with Crippen LogP contribution in [0.5, 0.6) is 5.75 Å². The van der Waals surface area contributed by atoms with Crippen molar-refractivity contribution in [2.24, 2.45) is 0 Å². The van der Waals surface area contributed by atoms with Gasteiger partial charge in [0.1, 0.15) is 30.0 Å². The average Bonchev–Trinajstić information content (AvgIpc) is 2.89. The van der Waals surface area contributed by atoms with Crippen LogP contribution in [0.3, 0.4) is 0 Å². The zero-order chi connectivity index (χ0) is 31.0. The van der Waals surface area contributed by atoms with Gasteiger partial charge < -0.3 is 30.1 Å². The van der Waals surface area contributed by atoms with Gasteiger partial charge in [-0.15, -0.1) is 0 Å². The van der Waals surface area contributed by atoms with Gasteiger partial charge in [-0.05, 0) is 71.2 Å². The molecule has 10 heteroatoms. The summed E-state index contributed by atoms with van der Waals surface area (Å²) in [7, 11) is 1.22. The maximum absolute atomic E-state index is 14.6. The Morgan fingerprint density at radius 3 is 2.17 bits per heavy atom. The van der Waals surface area contributed by atoms with Gasteiger partial charge in [-0.1, -0.05) is 48.9 Å². The molecule has 0 bridgehead atoms. The number of amides is 3. The molecule has 0 saturated heterocycles. The summed E-state index contributed by atoms with van der Waals surface area (Å²) in [4.78, 5) is 54.6. The Morgan fingerprint density at radius 2 is 1.63 bits per heavy atom. The number of esters is 1. The van der Waals surface area contributed by atoms with Gasteiger partial charge in [-0.25, -0.2) is 4.79 Å². The lowest BCUT2D eigenvalue weighted by atomic mass is 9.90. The van der Waals surface area contributed by atoms with E-state index in [9.17, 15) is 24.3 Å². The molecule has 0 spiro atoms.